The summed E-state index contributed by atoms with van der Waals surface area (Å²) in [6.45, 7) is 6.56. The van der Waals surface area contributed by atoms with Gasteiger partial charge in [-0.25, -0.2) is 9.97 Å². The average molecular weight is 247 g/mol. The summed E-state index contributed by atoms with van der Waals surface area (Å²) >= 11 is 0. The molecular formula is C15H25N3. The van der Waals surface area contributed by atoms with Gasteiger partial charge < -0.3 is 5.32 Å². The summed E-state index contributed by atoms with van der Waals surface area (Å²) in [5, 5.41) is 3.23. The predicted octanol–water partition coefficient (Wildman–Crippen LogP) is 3.68. The Morgan fingerprint density at radius 1 is 1.22 bits per heavy atom. The SMILES string of the molecule is CCc1c(C)nc(C2CCC(CC)C2)nc1NC. The van der Waals surface area contributed by atoms with Crippen LogP contribution in [0.15, 0.2) is 0 Å². The minimum atomic E-state index is 0.576. The van der Waals surface area contributed by atoms with Crippen LogP contribution in [0, 0.1) is 12.8 Å². The van der Waals surface area contributed by atoms with E-state index in [4.69, 9.17) is 9.97 Å². The lowest BCUT2D eigenvalue weighted by Gasteiger charge is -2.15. The minimum absolute atomic E-state index is 0.576. The van der Waals surface area contributed by atoms with Crippen molar-refractivity contribution < 1.29 is 0 Å². The maximum Gasteiger partial charge on any atom is 0.134 e. The highest BCUT2D eigenvalue weighted by Crippen LogP contribution is 2.38. The van der Waals surface area contributed by atoms with Crippen LogP contribution in [0.5, 0.6) is 0 Å². The Morgan fingerprint density at radius 3 is 2.56 bits per heavy atom. The van der Waals surface area contributed by atoms with E-state index >= 15 is 0 Å². The fourth-order valence-electron chi connectivity index (χ4n) is 3.11. The Morgan fingerprint density at radius 2 is 2.00 bits per heavy atom. The van der Waals surface area contributed by atoms with Crippen LogP contribution in [-0.2, 0) is 6.42 Å². The van der Waals surface area contributed by atoms with E-state index in [0.717, 1.165) is 29.7 Å². The molecule has 0 saturated heterocycles. The number of hydrogen-bond acceptors (Lipinski definition) is 3. The second kappa shape index (κ2) is 5.68. The topological polar surface area (TPSA) is 37.8 Å². The molecule has 1 aliphatic rings. The fourth-order valence-corrected chi connectivity index (χ4v) is 3.11. The molecular weight excluding hydrogens is 222 g/mol. The van der Waals surface area contributed by atoms with Crippen LogP contribution in [0.25, 0.3) is 0 Å². The van der Waals surface area contributed by atoms with Crippen molar-refractivity contribution in [3.8, 4) is 0 Å². The maximum atomic E-state index is 4.75. The highest BCUT2D eigenvalue weighted by atomic mass is 15.0. The van der Waals surface area contributed by atoms with E-state index in [2.05, 4.69) is 26.1 Å². The molecule has 0 aliphatic heterocycles. The highest BCUT2D eigenvalue weighted by molar-refractivity contribution is 5.46. The van der Waals surface area contributed by atoms with Crippen LogP contribution in [0.3, 0.4) is 0 Å². The van der Waals surface area contributed by atoms with Gasteiger partial charge in [0, 0.05) is 24.2 Å². The Balaban J connectivity index is 2.27. The van der Waals surface area contributed by atoms with Crippen molar-refractivity contribution in [1.29, 1.82) is 0 Å². The summed E-state index contributed by atoms with van der Waals surface area (Å²) < 4.78 is 0. The molecule has 0 spiro atoms. The Hall–Kier alpha value is -1.12. The molecule has 100 valence electrons. The number of nitrogens with one attached hydrogen (secondary N) is 1. The molecule has 1 fully saturated rings. The lowest BCUT2D eigenvalue weighted by Crippen LogP contribution is -2.09. The molecule has 3 heteroatoms. The number of aromatic nitrogens is 2. The van der Waals surface area contributed by atoms with Crippen molar-refractivity contribution in [2.24, 2.45) is 5.92 Å². The second-order valence-electron chi connectivity index (χ2n) is 5.38. The van der Waals surface area contributed by atoms with Gasteiger partial charge in [-0.3, -0.25) is 0 Å². The average Bonchev–Trinajstić information content (AvgIpc) is 2.86. The van der Waals surface area contributed by atoms with Gasteiger partial charge in [0.05, 0.1) is 0 Å². The summed E-state index contributed by atoms with van der Waals surface area (Å²) in [6.07, 6.45) is 6.15. The number of anilines is 1. The standard InChI is InChI=1S/C15H25N3/c1-5-11-7-8-12(9-11)14-17-10(3)13(6-2)15(16-4)18-14/h11-12H,5-9H2,1-4H3,(H,16,17,18). The fraction of sp³-hybridized carbons (Fsp3) is 0.733. The number of hydrogen-bond donors (Lipinski definition) is 1. The van der Waals surface area contributed by atoms with E-state index in [-0.39, 0.29) is 0 Å². The summed E-state index contributed by atoms with van der Waals surface area (Å²) in [4.78, 5) is 9.50. The summed E-state index contributed by atoms with van der Waals surface area (Å²) in [5.74, 6) is 3.54. The van der Waals surface area contributed by atoms with E-state index in [1.165, 1.54) is 31.2 Å². The summed E-state index contributed by atoms with van der Waals surface area (Å²) in [5.41, 5.74) is 2.40. The Kier molecular flexibility index (Phi) is 4.20. The van der Waals surface area contributed by atoms with E-state index in [0.29, 0.717) is 5.92 Å². The molecule has 1 N–H and O–H groups in total. The van der Waals surface area contributed by atoms with Gasteiger partial charge in [0.15, 0.2) is 0 Å². The molecule has 18 heavy (non-hydrogen) atoms. The largest absolute Gasteiger partial charge is 0.373 e. The molecule has 0 radical (unpaired) electrons. The van der Waals surface area contributed by atoms with Crippen molar-refractivity contribution in [2.75, 3.05) is 12.4 Å². The molecule has 2 atom stereocenters. The third-order valence-electron chi connectivity index (χ3n) is 4.31. The van der Waals surface area contributed by atoms with Crippen LogP contribution in [-0.4, -0.2) is 17.0 Å². The van der Waals surface area contributed by atoms with Crippen molar-refractivity contribution >= 4 is 5.82 Å². The third-order valence-corrected chi connectivity index (χ3v) is 4.31. The normalized spacial score (nSPS) is 23.3. The van der Waals surface area contributed by atoms with Crippen LogP contribution < -0.4 is 5.32 Å². The van der Waals surface area contributed by atoms with Gasteiger partial charge in [0.1, 0.15) is 11.6 Å². The van der Waals surface area contributed by atoms with Crippen LogP contribution in [0.1, 0.15) is 62.5 Å². The number of rotatable bonds is 4. The van der Waals surface area contributed by atoms with Crippen molar-refractivity contribution in [3.05, 3.63) is 17.1 Å². The van der Waals surface area contributed by atoms with Crippen molar-refractivity contribution in [3.63, 3.8) is 0 Å². The summed E-state index contributed by atoms with van der Waals surface area (Å²) in [7, 11) is 1.95. The van der Waals surface area contributed by atoms with E-state index < -0.39 is 0 Å². The molecule has 0 amide bonds. The molecule has 2 rings (SSSR count). The first-order valence-electron chi connectivity index (χ1n) is 7.24. The van der Waals surface area contributed by atoms with Crippen molar-refractivity contribution in [1.82, 2.24) is 9.97 Å². The van der Waals surface area contributed by atoms with Crippen molar-refractivity contribution in [2.45, 2.75) is 58.8 Å². The second-order valence-corrected chi connectivity index (χ2v) is 5.38. The van der Waals surface area contributed by atoms with Gasteiger partial charge in [-0.15, -0.1) is 0 Å². The van der Waals surface area contributed by atoms with Crippen LogP contribution >= 0.6 is 0 Å². The lowest BCUT2D eigenvalue weighted by atomic mass is 10.0. The first kappa shape index (κ1) is 13.3. The van der Waals surface area contributed by atoms with Gasteiger partial charge in [-0.1, -0.05) is 20.3 Å². The highest BCUT2D eigenvalue weighted by Gasteiger charge is 2.27. The number of aryl methyl sites for hydroxylation is 1. The van der Waals surface area contributed by atoms with E-state index in [9.17, 15) is 0 Å². The predicted molar refractivity (Wildman–Crippen MR) is 76.1 cm³/mol. The molecule has 3 nitrogen and oxygen atoms in total. The third kappa shape index (κ3) is 2.50. The summed E-state index contributed by atoms with van der Waals surface area (Å²) in [6, 6.07) is 0. The number of nitrogens with zero attached hydrogens (tertiary/aromatic N) is 2. The monoisotopic (exact) mass is 247 g/mol. The molecule has 1 aromatic rings. The molecule has 1 heterocycles. The van der Waals surface area contributed by atoms with Gasteiger partial charge in [-0.05, 0) is 38.5 Å². The quantitative estimate of drug-likeness (QED) is 0.882. The smallest absolute Gasteiger partial charge is 0.134 e. The first-order chi connectivity index (χ1) is 8.69. The maximum absolute atomic E-state index is 4.75. The molecule has 1 aliphatic carbocycles. The Bertz CT molecular complexity index is 414. The zero-order chi connectivity index (χ0) is 13.1. The van der Waals surface area contributed by atoms with Gasteiger partial charge in [0.2, 0.25) is 0 Å². The van der Waals surface area contributed by atoms with E-state index in [1.807, 2.05) is 7.05 Å². The zero-order valence-electron chi connectivity index (χ0n) is 12.1. The van der Waals surface area contributed by atoms with Gasteiger partial charge in [-0.2, -0.15) is 0 Å². The molecule has 2 unspecified atom stereocenters. The molecule has 1 saturated carbocycles. The molecule has 0 bridgehead atoms. The van der Waals surface area contributed by atoms with E-state index in [1.54, 1.807) is 0 Å². The van der Waals surface area contributed by atoms with Gasteiger partial charge >= 0.3 is 0 Å². The van der Waals surface area contributed by atoms with Crippen LogP contribution in [0.4, 0.5) is 5.82 Å². The molecule has 0 aromatic carbocycles. The minimum Gasteiger partial charge on any atom is -0.373 e. The molecule has 1 aromatic heterocycles. The van der Waals surface area contributed by atoms with Gasteiger partial charge in [0.25, 0.3) is 0 Å². The van der Waals surface area contributed by atoms with Crippen LogP contribution in [0.2, 0.25) is 0 Å². The first-order valence-corrected chi connectivity index (χ1v) is 7.24. The zero-order valence-corrected chi connectivity index (χ0v) is 12.1. The Labute approximate surface area is 110 Å². The lowest BCUT2D eigenvalue weighted by molar-refractivity contribution is 0.516.